The molecule has 1 atom stereocenters. The van der Waals surface area contributed by atoms with Gasteiger partial charge in [-0.2, -0.15) is 0 Å². The van der Waals surface area contributed by atoms with Crippen LogP contribution in [0.4, 0.5) is 0 Å². The van der Waals surface area contributed by atoms with Gasteiger partial charge in [0.15, 0.2) is 11.5 Å². The molecular weight excluding hydrogens is 206 g/mol. The number of nitrogens with two attached hydrogens (primary N) is 1. The molecule has 0 aliphatic heterocycles. The van der Waals surface area contributed by atoms with Crippen LogP contribution >= 0.6 is 0 Å². The predicted octanol–water partition coefficient (Wildman–Crippen LogP) is 0.814. The van der Waals surface area contributed by atoms with Gasteiger partial charge in [-0.25, -0.2) is 0 Å². The number of aliphatic hydroxyl groups is 1. The van der Waals surface area contributed by atoms with Gasteiger partial charge in [-0.15, -0.1) is 0 Å². The standard InChI is InChI=1S/C12H19NO3/c1-15-11-4-3-9(6-12(11)16-2)5-10(7-13)8-14/h3-4,6,10,14H,5,7-8,13H2,1-2H3/t10-/m0/s1. The first kappa shape index (κ1) is 12.8. The second kappa shape index (κ2) is 6.35. The summed E-state index contributed by atoms with van der Waals surface area (Å²) in [6.45, 7) is 0.579. The third-order valence-corrected chi connectivity index (χ3v) is 2.56. The lowest BCUT2D eigenvalue weighted by Crippen LogP contribution is -2.20. The fourth-order valence-corrected chi connectivity index (χ4v) is 1.56. The van der Waals surface area contributed by atoms with Gasteiger partial charge in [0.05, 0.1) is 14.2 Å². The van der Waals surface area contributed by atoms with Crippen LogP contribution in [0.1, 0.15) is 5.56 Å². The summed E-state index contributed by atoms with van der Waals surface area (Å²) in [6.07, 6.45) is 0.743. The van der Waals surface area contributed by atoms with E-state index in [1.54, 1.807) is 14.2 Å². The van der Waals surface area contributed by atoms with Crippen LogP contribution < -0.4 is 15.2 Å². The molecule has 16 heavy (non-hydrogen) atoms. The number of ether oxygens (including phenoxy) is 2. The molecule has 0 fully saturated rings. The van der Waals surface area contributed by atoms with E-state index in [-0.39, 0.29) is 12.5 Å². The molecule has 4 nitrogen and oxygen atoms in total. The number of aliphatic hydroxyl groups excluding tert-OH is 1. The van der Waals surface area contributed by atoms with E-state index in [4.69, 9.17) is 20.3 Å². The molecule has 4 heteroatoms. The molecule has 0 spiro atoms. The highest BCUT2D eigenvalue weighted by Gasteiger charge is 2.09. The molecule has 1 aromatic rings. The summed E-state index contributed by atoms with van der Waals surface area (Å²) in [5.74, 6) is 1.51. The minimum atomic E-state index is 0.0955. The zero-order chi connectivity index (χ0) is 12.0. The van der Waals surface area contributed by atoms with Gasteiger partial charge < -0.3 is 20.3 Å². The summed E-state index contributed by atoms with van der Waals surface area (Å²) in [5, 5.41) is 9.08. The van der Waals surface area contributed by atoms with Crippen molar-refractivity contribution in [1.29, 1.82) is 0 Å². The topological polar surface area (TPSA) is 64.7 Å². The molecule has 0 aliphatic carbocycles. The van der Waals surface area contributed by atoms with Crippen molar-refractivity contribution in [3.63, 3.8) is 0 Å². The van der Waals surface area contributed by atoms with Gasteiger partial charge in [-0.3, -0.25) is 0 Å². The Morgan fingerprint density at radius 2 is 1.94 bits per heavy atom. The maximum atomic E-state index is 9.08. The minimum Gasteiger partial charge on any atom is -0.493 e. The quantitative estimate of drug-likeness (QED) is 0.752. The van der Waals surface area contributed by atoms with Gasteiger partial charge in [0.1, 0.15) is 0 Å². The van der Waals surface area contributed by atoms with E-state index >= 15 is 0 Å². The Hall–Kier alpha value is -1.26. The van der Waals surface area contributed by atoms with E-state index in [1.807, 2.05) is 18.2 Å². The molecule has 0 amide bonds. The van der Waals surface area contributed by atoms with Crippen LogP contribution in [-0.2, 0) is 6.42 Å². The fraction of sp³-hybridized carbons (Fsp3) is 0.500. The lowest BCUT2D eigenvalue weighted by atomic mass is 10.00. The molecule has 0 radical (unpaired) electrons. The fourth-order valence-electron chi connectivity index (χ4n) is 1.56. The van der Waals surface area contributed by atoms with Gasteiger partial charge in [-0.05, 0) is 36.6 Å². The van der Waals surface area contributed by atoms with E-state index in [2.05, 4.69) is 0 Å². The van der Waals surface area contributed by atoms with E-state index in [1.165, 1.54) is 0 Å². The zero-order valence-electron chi connectivity index (χ0n) is 9.77. The number of benzene rings is 1. The molecule has 1 aromatic carbocycles. The minimum absolute atomic E-state index is 0.0955. The second-order valence-electron chi connectivity index (χ2n) is 3.68. The van der Waals surface area contributed by atoms with Gasteiger partial charge in [0, 0.05) is 6.61 Å². The molecule has 90 valence electrons. The van der Waals surface area contributed by atoms with Gasteiger partial charge in [-0.1, -0.05) is 6.07 Å². The van der Waals surface area contributed by atoms with Gasteiger partial charge >= 0.3 is 0 Å². The Morgan fingerprint density at radius 3 is 2.44 bits per heavy atom. The van der Waals surface area contributed by atoms with Crippen molar-refractivity contribution in [3.05, 3.63) is 23.8 Å². The van der Waals surface area contributed by atoms with Crippen LogP contribution in [0, 0.1) is 5.92 Å². The van der Waals surface area contributed by atoms with Crippen LogP contribution in [-0.4, -0.2) is 32.5 Å². The zero-order valence-corrected chi connectivity index (χ0v) is 9.77. The highest BCUT2D eigenvalue weighted by molar-refractivity contribution is 5.42. The third kappa shape index (κ3) is 3.12. The van der Waals surface area contributed by atoms with Crippen molar-refractivity contribution in [1.82, 2.24) is 0 Å². The highest BCUT2D eigenvalue weighted by Crippen LogP contribution is 2.28. The lowest BCUT2D eigenvalue weighted by Gasteiger charge is -2.13. The first-order valence-corrected chi connectivity index (χ1v) is 5.27. The van der Waals surface area contributed by atoms with Gasteiger partial charge in [0.2, 0.25) is 0 Å². The van der Waals surface area contributed by atoms with E-state index < -0.39 is 0 Å². The second-order valence-corrected chi connectivity index (χ2v) is 3.68. The first-order chi connectivity index (χ1) is 7.74. The van der Waals surface area contributed by atoms with Crippen molar-refractivity contribution in [2.45, 2.75) is 6.42 Å². The van der Waals surface area contributed by atoms with Crippen LogP contribution in [0.15, 0.2) is 18.2 Å². The molecule has 0 aliphatic rings. The number of hydrogen-bond donors (Lipinski definition) is 2. The monoisotopic (exact) mass is 225 g/mol. The Bertz CT molecular complexity index is 324. The Kier molecular flexibility index (Phi) is 5.08. The number of rotatable bonds is 6. The Morgan fingerprint density at radius 1 is 1.25 bits per heavy atom. The Balaban J connectivity index is 2.82. The molecule has 0 saturated heterocycles. The average Bonchev–Trinajstić information content (AvgIpc) is 2.35. The SMILES string of the molecule is COc1ccc(C[C@@H](CN)CO)cc1OC. The smallest absolute Gasteiger partial charge is 0.160 e. The van der Waals surface area contributed by atoms with E-state index in [9.17, 15) is 0 Å². The van der Waals surface area contributed by atoms with Gasteiger partial charge in [0.25, 0.3) is 0 Å². The lowest BCUT2D eigenvalue weighted by molar-refractivity contribution is 0.229. The Labute approximate surface area is 96.0 Å². The maximum absolute atomic E-state index is 9.08. The molecule has 0 unspecified atom stereocenters. The number of methoxy groups -OCH3 is 2. The average molecular weight is 225 g/mol. The van der Waals surface area contributed by atoms with Crippen LogP contribution in [0.5, 0.6) is 11.5 Å². The molecule has 0 heterocycles. The normalized spacial score (nSPS) is 12.2. The van der Waals surface area contributed by atoms with Crippen molar-refractivity contribution in [3.8, 4) is 11.5 Å². The third-order valence-electron chi connectivity index (χ3n) is 2.56. The summed E-state index contributed by atoms with van der Waals surface area (Å²) < 4.78 is 10.4. The summed E-state index contributed by atoms with van der Waals surface area (Å²) >= 11 is 0. The summed E-state index contributed by atoms with van der Waals surface area (Å²) in [7, 11) is 3.21. The van der Waals surface area contributed by atoms with Crippen LogP contribution in [0.3, 0.4) is 0 Å². The molecule has 0 saturated carbocycles. The largest absolute Gasteiger partial charge is 0.493 e. The number of hydrogen-bond acceptors (Lipinski definition) is 4. The highest BCUT2D eigenvalue weighted by atomic mass is 16.5. The van der Waals surface area contributed by atoms with Crippen molar-refractivity contribution in [2.24, 2.45) is 11.7 Å². The van der Waals surface area contributed by atoms with Crippen molar-refractivity contribution >= 4 is 0 Å². The molecule has 3 N–H and O–H groups in total. The summed E-state index contributed by atoms with van der Waals surface area (Å²) in [4.78, 5) is 0. The van der Waals surface area contributed by atoms with Crippen molar-refractivity contribution in [2.75, 3.05) is 27.4 Å². The van der Waals surface area contributed by atoms with Crippen molar-refractivity contribution < 1.29 is 14.6 Å². The maximum Gasteiger partial charge on any atom is 0.160 e. The summed E-state index contributed by atoms with van der Waals surface area (Å²) in [5.41, 5.74) is 6.63. The molecule has 1 rings (SSSR count). The van der Waals surface area contributed by atoms with Crippen LogP contribution in [0.25, 0.3) is 0 Å². The predicted molar refractivity (Wildman–Crippen MR) is 62.9 cm³/mol. The molecule has 0 bridgehead atoms. The molecular formula is C12H19NO3. The van der Waals surface area contributed by atoms with E-state index in [0.29, 0.717) is 18.0 Å². The van der Waals surface area contributed by atoms with Crippen LogP contribution in [0.2, 0.25) is 0 Å². The first-order valence-electron chi connectivity index (χ1n) is 5.27. The summed E-state index contributed by atoms with van der Waals surface area (Å²) in [6, 6.07) is 5.73. The molecule has 0 aromatic heterocycles. The van der Waals surface area contributed by atoms with E-state index in [0.717, 1.165) is 12.0 Å².